The van der Waals surface area contributed by atoms with Crippen molar-refractivity contribution in [3.63, 3.8) is 0 Å². The molecule has 0 bridgehead atoms. The van der Waals surface area contributed by atoms with Gasteiger partial charge in [-0.25, -0.2) is 0 Å². The molecule has 128 heavy (non-hydrogen) atoms. The zero-order chi connectivity index (χ0) is 86.4. The van der Waals surface area contributed by atoms with Crippen molar-refractivity contribution >= 4 is 121 Å². The summed E-state index contributed by atoms with van der Waals surface area (Å²) in [6.45, 7) is 8.48. The van der Waals surface area contributed by atoms with Gasteiger partial charge < -0.3 is 18.4 Å². The monoisotopic (exact) mass is 1880 g/mol. The third-order valence-electron chi connectivity index (χ3n) is 27.1. The van der Waals surface area contributed by atoms with E-state index in [1.807, 2.05) is 6.07 Å². The fraction of sp³-hybridized carbons (Fsp3) is 0.0667. The number of nitrogens with zero attached hydrogens (tertiary/aromatic N) is 2. The molecule has 8 heteroatoms. The first kappa shape index (κ1) is 80.5. The lowest BCUT2D eigenvalue weighted by molar-refractivity contribution is 0.00578. The molecule has 2 aromatic heterocycles. The molecule has 0 amide bonds. The molecule has 0 unspecified atom stereocenters. The zero-order valence-electron chi connectivity index (χ0n) is 71.1. The summed E-state index contributed by atoms with van der Waals surface area (Å²) in [5.41, 5.74) is 32.3. The third kappa shape index (κ3) is 13.3. The Balaban J connectivity index is 0.000000131. The minimum absolute atomic E-state index is 0.441. The van der Waals surface area contributed by atoms with Crippen LogP contribution in [0.4, 0.5) is 0 Å². The van der Waals surface area contributed by atoms with E-state index in [-0.39, 0.29) is 0 Å². The van der Waals surface area contributed by atoms with Crippen LogP contribution in [0.1, 0.15) is 72.2 Å². The highest BCUT2D eigenvalue weighted by Crippen LogP contribution is 2.60. The standard InChI is InChI=1S/C57H38BrN.C51H40BNO2.C12H8BrI/c58-53-32-18-16-30-48(53)46-28-14-13-27-45(46)41-33-35-49-54(37-41)59(56(40-21-7-2-8-22-40)55(49)39-19-5-1-6-20-39)44-34-36-52-50(38-44)47-29-15-17-31-51(47)57(52,42-23-9-3-10-24-42)43-25-11-4-12-26-43;1-49(2)50(3,4)55-52(54-49)35-27-29-42-46(31-35)53(48-41-25-14-12-22-38(41)37-21-11-13-24-40(37)47(42)48)36-28-30-45-43(32-36)39-23-15-16-26-44(39)51(45,33-17-7-5-8-18-33)34-19-9-6-10-20-34;13-11-7-3-1-5-9(11)10-6-2-4-8-12(10)14/h1-38H;5-32H,1-4H3;1-8H. The molecule has 24 rings (SSSR count). The van der Waals surface area contributed by atoms with Gasteiger partial charge in [-0.3, -0.25) is 0 Å². The van der Waals surface area contributed by atoms with Crippen LogP contribution in [0.25, 0.3) is 144 Å². The maximum atomic E-state index is 6.63. The van der Waals surface area contributed by atoms with Crippen molar-refractivity contribution in [3.8, 4) is 89.4 Å². The summed E-state index contributed by atoms with van der Waals surface area (Å²) >= 11 is 9.78. The first-order valence-corrected chi connectivity index (χ1v) is 46.5. The third-order valence-corrected chi connectivity index (χ3v) is 29.4. The molecule has 0 saturated carbocycles. The summed E-state index contributed by atoms with van der Waals surface area (Å²) in [6.07, 6.45) is 0. The van der Waals surface area contributed by atoms with Gasteiger partial charge in [0, 0.05) is 51.0 Å². The molecule has 0 atom stereocenters. The van der Waals surface area contributed by atoms with Gasteiger partial charge in [-0.15, -0.1) is 0 Å². The van der Waals surface area contributed by atoms with Crippen molar-refractivity contribution in [3.05, 3.63) is 506 Å². The van der Waals surface area contributed by atoms with Gasteiger partial charge in [-0.2, -0.15) is 0 Å². The Morgan fingerprint density at radius 2 is 0.641 bits per heavy atom. The minimum atomic E-state index is -0.474. The number of aromatic nitrogens is 2. The Bertz CT molecular complexity index is 7730. The van der Waals surface area contributed by atoms with E-state index in [0.29, 0.717) is 0 Å². The predicted molar refractivity (Wildman–Crippen MR) is 551 cm³/mol. The fourth-order valence-electron chi connectivity index (χ4n) is 20.7. The molecule has 3 aliphatic rings. The highest BCUT2D eigenvalue weighted by atomic mass is 127. The lowest BCUT2D eigenvalue weighted by Gasteiger charge is -2.33. The maximum Gasteiger partial charge on any atom is 0.494 e. The summed E-state index contributed by atoms with van der Waals surface area (Å²) < 4.78 is 21.8. The molecule has 1 saturated heterocycles. The van der Waals surface area contributed by atoms with E-state index in [1.165, 1.54) is 169 Å². The van der Waals surface area contributed by atoms with Gasteiger partial charge >= 0.3 is 7.12 Å². The highest BCUT2D eigenvalue weighted by molar-refractivity contribution is 14.1. The average Bonchev–Trinajstić information content (AvgIpc) is 1.51. The predicted octanol–water partition coefficient (Wildman–Crippen LogP) is 31.9. The zero-order valence-corrected chi connectivity index (χ0v) is 76.5. The summed E-state index contributed by atoms with van der Waals surface area (Å²) in [6, 6.07) is 164. The molecule has 2 aliphatic carbocycles. The Labute approximate surface area is 778 Å². The van der Waals surface area contributed by atoms with E-state index in [1.54, 1.807) is 0 Å². The lowest BCUT2D eigenvalue weighted by Crippen LogP contribution is -2.41. The molecule has 0 spiro atoms. The molecular formula is C120H86BBr2IN2O2. The summed E-state index contributed by atoms with van der Waals surface area (Å²) in [4.78, 5) is 0. The number of benzene rings is 19. The maximum absolute atomic E-state index is 6.63. The second kappa shape index (κ2) is 32.8. The molecule has 21 aromatic rings. The van der Waals surface area contributed by atoms with Crippen molar-refractivity contribution in [2.24, 2.45) is 0 Å². The average molecular weight is 1890 g/mol. The van der Waals surface area contributed by atoms with Crippen LogP contribution in [0.3, 0.4) is 0 Å². The van der Waals surface area contributed by atoms with Crippen LogP contribution in [-0.4, -0.2) is 27.5 Å². The quantitative estimate of drug-likeness (QED) is 0.0693. The van der Waals surface area contributed by atoms with E-state index in [4.69, 9.17) is 9.31 Å². The van der Waals surface area contributed by atoms with Crippen LogP contribution in [-0.2, 0) is 20.1 Å². The summed E-state index contributed by atoms with van der Waals surface area (Å²) in [7, 11) is -0.474. The van der Waals surface area contributed by atoms with Crippen molar-refractivity contribution < 1.29 is 9.31 Å². The number of hydrogen-bond acceptors (Lipinski definition) is 2. The van der Waals surface area contributed by atoms with Crippen LogP contribution in [0, 0.1) is 3.57 Å². The van der Waals surface area contributed by atoms with E-state index in [2.05, 4.69) is 534 Å². The van der Waals surface area contributed by atoms with E-state index >= 15 is 0 Å². The van der Waals surface area contributed by atoms with Gasteiger partial charge in [-0.1, -0.05) is 426 Å². The highest BCUT2D eigenvalue weighted by Gasteiger charge is 2.53. The first-order chi connectivity index (χ1) is 62.8. The largest absolute Gasteiger partial charge is 0.494 e. The van der Waals surface area contributed by atoms with Crippen molar-refractivity contribution in [1.29, 1.82) is 0 Å². The van der Waals surface area contributed by atoms with Gasteiger partial charge in [0.25, 0.3) is 0 Å². The van der Waals surface area contributed by atoms with Crippen LogP contribution in [0.2, 0.25) is 0 Å². The molecule has 612 valence electrons. The lowest BCUT2D eigenvalue weighted by atomic mass is 9.68. The number of halogens is 3. The molecule has 3 heterocycles. The van der Waals surface area contributed by atoms with Crippen LogP contribution in [0.5, 0.6) is 0 Å². The Morgan fingerprint density at radius 3 is 1.15 bits per heavy atom. The topological polar surface area (TPSA) is 28.3 Å². The second-order valence-electron chi connectivity index (χ2n) is 34.5. The van der Waals surface area contributed by atoms with E-state index in [9.17, 15) is 0 Å². The molecule has 0 radical (unpaired) electrons. The van der Waals surface area contributed by atoms with Gasteiger partial charge in [0.2, 0.25) is 0 Å². The SMILES string of the molecule is Brc1ccccc1-c1ccccc1-c1ccc2c(-c3ccccc3)c(-c3ccccc3)n(-c3ccc4c(c3)-c3ccccc3C4(c3ccccc3)c3ccccc3)c2c1.Brc1ccccc1-c1ccccc1I.CC1(C)OB(c2ccc3c4c5ccccc5c5ccccc5c4n(-c4ccc5c(c4)-c4ccccc4C5(c4ccccc4)c4ccccc4)c3c2)OC1(C)C. The van der Waals surface area contributed by atoms with E-state index in [0.717, 1.165) is 36.8 Å². The number of hydrogen-bond donors (Lipinski definition) is 0. The Kier molecular flexibility index (Phi) is 20.7. The van der Waals surface area contributed by atoms with Crippen LogP contribution in [0.15, 0.2) is 458 Å². The summed E-state index contributed by atoms with van der Waals surface area (Å²) in [5, 5.41) is 8.67. The smallest absolute Gasteiger partial charge is 0.399 e. The van der Waals surface area contributed by atoms with Crippen LogP contribution < -0.4 is 5.46 Å². The summed E-state index contributed by atoms with van der Waals surface area (Å²) in [5.74, 6) is 0. The Hall–Kier alpha value is -13.3. The first-order valence-electron chi connectivity index (χ1n) is 43.9. The van der Waals surface area contributed by atoms with Gasteiger partial charge in [0.05, 0.1) is 44.3 Å². The Morgan fingerprint density at radius 1 is 0.266 bits per heavy atom. The van der Waals surface area contributed by atoms with Crippen molar-refractivity contribution in [2.45, 2.75) is 49.7 Å². The van der Waals surface area contributed by atoms with Crippen molar-refractivity contribution in [2.75, 3.05) is 0 Å². The minimum Gasteiger partial charge on any atom is -0.399 e. The molecular weight excluding hydrogens is 1800 g/mol. The van der Waals surface area contributed by atoms with E-state index < -0.39 is 29.2 Å². The molecule has 4 nitrogen and oxygen atoms in total. The normalized spacial score (nSPS) is 14.1. The van der Waals surface area contributed by atoms with Crippen LogP contribution >= 0.6 is 54.5 Å². The molecule has 1 aliphatic heterocycles. The second-order valence-corrected chi connectivity index (χ2v) is 37.4. The fourth-order valence-corrected chi connectivity index (χ4v) is 22.4. The molecule has 1 fully saturated rings. The number of fused-ring (bicyclic) bond motifs is 15. The van der Waals surface area contributed by atoms with Gasteiger partial charge in [0.1, 0.15) is 0 Å². The van der Waals surface area contributed by atoms with Crippen molar-refractivity contribution in [1.82, 2.24) is 9.13 Å². The number of rotatable bonds is 12. The van der Waals surface area contributed by atoms with Gasteiger partial charge in [0.15, 0.2) is 0 Å². The molecule has 0 N–H and O–H groups in total. The molecule has 19 aromatic carbocycles. The van der Waals surface area contributed by atoms with Gasteiger partial charge in [-0.05, 0) is 238 Å².